The van der Waals surface area contributed by atoms with E-state index in [9.17, 15) is 15.2 Å². The van der Waals surface area contributed by atoms with Gasteiger partial charge in [0.1, 0.15) is 12.4 Å². The minimum atomic E-state index is -0.512. The van der Waals surface area contributed by atoms with Crippen LogP contribution in [-0.4, -0.2) is 43.6 Å². The van der Waals surface area contributed by atoms with Crippen molar-refractivity contribution in [2.24, 2.45) is 0 Å². The molecule has 1 aromatic carbocycles. The van der Waals surface area contributed by atoms with Gasteiger partial charge in [-0.15, -0.1) is 0 Å². The number of non-ortho nitro benzene ring substituents is 1. The number of benzene rings is 1. The fraction of sp³-hybridized carbons (Fsp3) is 0.538. The van der Waals surface area contributed by atoms with Crippen molar-refractivity contribution in [2.75, 3.05) is 33.5 Å². The van der Waals surface area contributed by atoms with E-state index in [-0.39, 0.29) is 12.3 Å². The summed E-state index contributed by atoms with van der Waals surface area (Å²) in [5, 5.41) is 19.8. The Morgan fingerprint density at radius 3 is 2.70 bits per heavy atom. The molecule has 0 aliphatic carbocycles. The Kier molecular flexibility index (Phi) is 7.56. The molecule has 0 amide bonds. The van der Waals surface area contributed by atoms with Crippen molar-refractivity contribution in [3.8, 4) is 5.75 Å². The van der Waals surface area contributed by atoms with Gasteiger partial charge in [-0.05, 0) is 12.5 Å². The number of nitro groups is 1. The van der Waals surface area contributed by atoms with Crippen LogP contribution in [-0.2, 0) is 16.1 Å². The summed E-state index contributed by atoms with van der Waals surface area (Å²) in [5.74, 6) is 0.429. The van der Waals surface area contributed by atoms with Crippen molar-refractivity contribution in [1.82, 2.24) is 0 Å². The molecule has 0 radical (unpaired) electrons. The molecule has 1 aromatic rings. The molecule has 0 aliphatic rings. The van der Waals surface area contributed by atoms with Crippen LogP contribution in [0.5, 0.6) is 5.75 Å². The number of rotatable bonds is 10. The quantitative estimate of drug-likeness (QED) is 0.398. The van der Waals surface area contributed by atoms with Crippen molar-refractivity contribution in [2.45, 2.75) is 13.0 Å². The average Bonchev–Trinajstić information content (AvgIpc) is 2.46. The third-order valence-corrected chi connectivity index (χ3v) is 2.55. The SMILES string of the molecule is COCCCOCCOc1ccc([N+](=O)[O-])cc1CO. The highest BCUT2D eigenvalue weighted by molar-refractivity contribution is 5.43. The van der Waals surface area contributed by atoms with Gasteiger partial charge in [-0.25, -0.2) is 0 Å². The van der Waals surface area contributed by atoms with Gasteiger partial charge in [0.2, 0.25) is 0 Å². The minimum absolute atomic E-state index is 0.0720. The molecule has 7 nitrogen and oxygen atoms in total. The number of nitrogens with zero attached hydrogens (tertiary/aromatic N) is 1. The lowest BCUT2D eigenvalue weighted by molar-refractivity contribution is -0.385. The van der Waals surface area contributed by atoms with E-state index in [0.717, 1.165) is 6.42 Å². The Morgan fingerprint density at radius 1 is 1.25 bits per heavy atom. The molecule has 20 heavy (non-hydrogen) atoms. The van der Waals surface area contributed by atoms with Gasteiger partial charge in [-0.2, -0.15) is 0 Å². The number of ether oxygens (including phenoxy) is 3. The average molecular weight is 285 g/mol. The van der Waals surface area contributed by atoms with E-state index >= 15 is 0 Å². The summed E-state index contributed by atoms with van der Waals surface area (Å²) in [6.45, 7) is 1.65. The van der Waals surface area contributed by atoms with E-state index in [4.69, 9.17) is 14.2 Å². The summed E-state index contributed by atoms with van der Waals surface area (Å²) in [4.78, 5) is 10.1. The Morgan fingerprint density at radius 2 is 2.05 bits per heavy atom. The summed E-state index contributed by atoms with van der Waals surface area (Å²) >= 11 is 0. The predicted molar refractivity (Wildman–Crippen MR) is 71.8 cm³/mol. The van der Waals surface area contributed by atoms with E-state index < -0.39 is 4.92 Å². The van der Waals surface area contributed by atoms with E-state index in [0.29, 0.717) is 37.7 Å². The second-order valence-electron chi connectivity index (χ2n) is 4.01. The van der Waals surface area contributed by atoms with E-state index in [1.165, 1.54) is 18.2 Å². The van der Waals surface area contributed by atoms with Crippen LogP contribution >= 0.6 is 0 Å². The molecule has 0 bridgehead atoms. The maximum atomic E-state index is 10.6. The van der Waals surface area contributed by atoms with Crippen LogP contribution in [0.15, 0.2) is 18.2 Å². The van der Waals surface area contributed by atoms with Crippen LogP contribution in [0.3, 0.4) is 0 Å². The number of hydrogen-bond acceptors (Lipinski definition) is 6. The lowest BCUT2D eigenvalue weighted by atomic mass is 10.2. The molecule has 0 unspecified atom stereocenters. The summed E-state index contributed by atoms with van der Waals surface area (Å²) in [5.41, 5.74) is 0.316. The third-order valence-electron chi connectivity index (χ3n) is 2.55. The first-order valence-corrected chi connectivity index (χ1v) is 6.26. The lowest BCUT2D eigenvalue weighted by Gasteiger charge is -2.10. The normalized spacial score (nSPS) is 10.5. The van der Waals surface area contributed by atoms with Gasteiger partial charge < -0.3 is 19.3 Å². The van der Waals surface area contributed by atoms with Gasteiger partial charge >= 0.3 is 0 Å². The lowest BCUT2D eigenvalue weighted by Crippen LogP contribution is -2.09. The predicted octanol–water partition coefficient (Wildman–Crippen LogP) is 1.52. The van der Waals surface area contributed by atoms with Crippen LogP contribution in [0.4, 0.5) is 5.69 Å². The van der Waals surface area contributed by atoms with Gasteiger partial charge in [0.15, 0.2) is 0 Å². The molecule has 112 valence electrons. The Balaban J connectivity index is 2.38. The molecular formula is C13H19NO6. The van der Waals surface area contributed by atoms with Gasteiger partial charge in [-0.3, -0.25) is 10.1 Å². The number of aliphatic hydroxyl groups excluding tert-OH is 1. The smallest absolute Gasteiger partial charge is 0.270 e. The molecule has 0 saturated carbocycles. The van der Waals surface area contributed by atoms with Gasteiger partial charge in [0.05, 0.1) is 18.1 Å². The van der Waals surface area contributed by atoms with Crippen molar-refractivity contribution in [3.63, 3.8) is 0 Å². The molecule has 0 fully saturated rings. The van der Waals surface area contributed by atoms with Crippen molar-refractivity contribution < 1.29 is 24.2 Å². The zero-order chi connectivity index (χ0) is 14.8. The molecule has 0 heterocycles. The maximum Gasteiger partial charge on any atom is 0.270 e. The van der Waals surface area contributed by atoms with Gasteiger partial charge in [-0.1, -0.05) is 0 Å². The Bertz CT molecular complexity index is 423. The molecule has 0 aliphatic heterocycles. The Hall–Kier alpha value is -1.70. The fourth-order valence-corrected chi connectivity index (χ4v) is 1.56. The maximum absolute atomic E-state index is 10.6. The van der Waals surface area contributed by atoms with Crippen LogP contribution in [0, 0.1) is 10.1 Å². The van der Waals surface area contributed by atoms with Gasteiger partial charge in [0.25, 0.3) is 5.69 Å². The number of nitro benzene ring substituents is 1. The van der Waals surface area contributed by atoms with Crippen LogP contribution in [0.1, 0.15) is 12.0 Å². The molecule has 0 aromatic heterocycles. The highest BCUT2D eigenvalue weighted by Crippen LogP contribution is 2.24. The third kappa shape index (κ3) is 5.52. The monoisotopic (exact) mass is 285 g/mol. The largest absolute Gasteiger partial charge is 0.491 e. The molecule has 1 N–H and O–H groups in total. The van der Waals surface area contributed by atoms with Crippen LogP contribution in [0.2, 0.25) is 0 Å². The first kappa shape index (κ1) is 16.4. The summed E-state index contributed by atoms with van der Waals surface area (Å²) in [6, 6.07) is 4.12. The second kappa shape index (κ2) is 9.24. The van der Waals surface area contributed by atoms with Crippen molar-refractivity contribution in [1.29, 1.82) is 0 Å². The minimum Gasteiger partial charge on any atom is -0.491 e. The van der Waals surface area contributed by atoms with Crippen molar-refractivity contribution >= 4 is 5.69 Å². The Labute approximate surface area is 117 Å². The topological polar surface area (TPSA) is 91.1 Å². The van der Waals surface area contributed by atoms with E-state index in [1.54, 1.807) is 7.11 Å². The van der Waals surface area contributed by atoms with Crippen molar-refractivity contribution in [3.05, 3.63) is 33.9 Å². The molecule has 0 saturated heterocycles. The fourth-order valence-electron chi connectivity index (χ4n) is 1.56. The summed E-state index contributed by atoms with van der Waals surface area (Å²) in [7, 11) is 1.63. The van der Waals surface area contributed by atoms with E-state index in [1.807, 2.05) is 0 Å². The number of hydrogen-bond donors (Lipinski definition) is 1. The first-order chi connectivity index (χ1) is 9.69. The second-order valence-corrected chi connectivity index (χ2v) is 4.01. The number of aliphatic hydroxyl groups is 1. The van der Waals surface area contributed by atoms with Gasteiger partial charge in [0, 0.05) is 38.0 Å². The molecule has 0 spiro atoms. The summed E-state index contributed by atoms with van der Waals surface area (Å²) < 4.78 is 15.6. The molecule has 0 atom stereocenters. The highest BCUT2D eigenvalue weighted by Gasteiger charge is 2.10. The zero-order valence-corrected chi connectivity index (χ0v) is 11.4. The molecular weight excluding hydrogens is 266 g/mol. The van der Waals surface area contributed by atoms with E-state index in [2.05, 4.69) is 0 Å². The summed E-state index contributed by atoms with van der Waals surface area (Å²) in [6.07, 6.45) is 0.815. The number of methoxy groups -OCH3 is 1. The standard InChI is InChI=1S/C13H19NO6/c1-18-5-2-6-19-7-8-20-13-4-3-12(14(16)17)9-11(13)10-15/h3-4,9,15H,2,5-8,10H2,1H3. The van der Waals surface area contributed by atoms with Crippen LogP contribution in [0.25, 0.3) is 0 Å². The van der Waals surface area contributed by atoms with Crippen LogP contribution < -0.4 is 4.74 Å². The molecule has 7 heteroatoms. The zero-order valence-electron chi connectivity index (χ0n) is 11.4. The first-order valence-electron chi connectivity index (χ1n) is 6.26. The molecule has 1 rings (SSSR count). The highest BCUT2D eigenvalue weighted by atomic mass is 16.6.